The van der Waals surface area contributed by atoms with Crippen LogP contribution in [-0.4, -0.2) is 41.9 Å². The van der Waals surface area contributed by atoms with E-state index >= 15 is 0 Å². The SMILES string of the molecule is CC(C)c1ccc(Cc2nnc(NC(=O)C3CCN(S(=O)(=O)c4ccc(F)cc4)CC3)o2)cc1. The summed E-state index contributed by atoms with van der Waals surface area (Å²) in [7, 11) is -3.73. The van der Waals surface area contributed by atoms with Crippen LogP contribution in [0, 0.1) is 11.7 Å². The smallest absolute Gasteiger partial charge is 0.322 e. The molecule has 8 nitrogen and oxygen atoms in total. The Morgan fingerprint density at radius 3 is 2.35 bits per heavy atom. The Hall–Kier alpha value is -3.11. The van der Waals surface area contributed by atoms with Crippen molar-refractivity contribution in [3.63, 3.8) is 0 Å². The van der Waals surface area contributed by atoms with Crippen molar-refractivity contribution in [3.05, 3.63) is 71.4 Å². The average molecular weight is 487 g/mol. The number of sulfonamides is 1. The fourth-order valence-corrected chi connectivity index (χ4v) is 5.36. The van der Waals surface area contributed by atoms with Gasteiger partial charge in [-0.05, 0) is 54.2 Å². The van der Waals surface area contributed by atoms with E-state index in [1.165, 1.54) is 22.0 Å². The van der Waals surface area contributed by atoms with Crippen molar-refractivity contribution < 1.29 is 22.0 Å². The number of carbonyl (C=O) groups is 1. The van der Waals surface area contributed by atoms with E-state index in [1.54, 1.807) is 0 Å². The molecule has 0 spiro atoms. The molecule has 2 heterocycles. The molecule has 0 aliphatic carbocycles. The van der Waals surface area contributed by atoms with Crippen LogP contribution in [0.15, 0.2) is 57.8 Å². The predicted molar refractivity (Wildman–Crippen MR) is 124 cm³/mol. The summed E-state index contributed by atoms with van der Waals surface area (Å²) >= 11 is 0. The zero-order valence-electron chi connectivity index (χ0n) is 19.1. The number of hydrogen-bond donors (Lipinski definition) is 1. The average Bonchev–Trinajstić information content (AvgIpc) is 3.26. The summed E-state index contributed by atoms with van der Waals surface area (Å²) in [6.45, 7) is 4.66. The van der Waals surface area contributed by atoms with Gasteiger partial charge in [-0.3, -0.25) is 10.1 Å². The first-order valence-electron chi connectivity index (χ1n) is 11.2. The molecule has 1 saturated heterocycles. The van der Waals surface area contributed by atoms with Gasteiger partial charge in [0, 0.05) is 19.0 Å². The van der Waals surface area contributed by atoms with Gasteiger partial charge in [0.1, 0.15) is 5.82 Å². The van der Waals surface area contributed by atoms with Crippen molar-refractivity contribution in [2.24, 2.45) is 5.92 Å². The Morgan fingerprint density at radius 1 is 1.09 bits per heavy atom. The Morgan fingerprint density at radius 2 is 1.74 bits per heavy atom. The van der Waals surface area contributed by atoms with E-state index < -0.39 is 15.8 Å². The van der Waals surface area contributed by atoms with Gasteiger partial charge in [0.25, 0.3) is 0 Å². The van der Waals surface area contributed by atoms with Gasteiger partial charge in [-0.25, -0.2) is 12.8 Å². The van der Waals surface area contributed by atoms with Crippen LogP contribution in [0.2, 0.25) is 0 Å². The summed E-state index contributed by atoms with van der Waals surface area (Å²) in [5.41, 5.74) is 2.28. The van der Waals surface area contributed by atoms with Crippen molar-refractivity contribution in [1.29, 1.82) is 0 Å². The number of piperidine rings is 1. The quantitative estimate of drug-likeness (QED) is 0.542. The Balaban J connectivity index is 1.30. The molecule has 1 amide bonds. The predicted octanol–water partition coefficient (Wildman–Crippen LogP) is 3.96. The third-order valence-electron chi connectivity index (χ3n) is 5.97. The highest BCUT2D eigenvalue weighted by molar-refractivity contribution is 7.89. The van der Waals surface area contributed by atoms with Gasteiger partial charge in [0.2, 0.25) is 21.8 Å². The monoisotopic (exact) mass is 486 g/mol. The van der Waals surface area contributed by atoms with Gasteiger partial charge in [-0.1, -0.05) is 43.2 Å². The van der Waals surface area contributed by atoms with Gasteiger partial charge in [-0.2, -0.15) is 4.31 Å². The molecule has 0 atom stereocenters. The minimum atomic E-state index is -3.73. The lowest BCUT2D eigenvalue weighted by Crippen LogP contribution is -2.41. The van der Waals surface area contributed by atoms with E-state index in [-0.39, 0.29) is 35.8 Å². The Labute approximate surface area is 198 Å². The lowest BCUT2D eigenvalue weighted by atomic mass is 9.97. The van der Waals surface area contributed by atoms with Gasteiger partial charge in [0.15, 0.2) is 0 Å². The lowest BCUT2D eigenvalue weighted by molar-refractivity contribution is -0.121. The third kappa shape index (κ3) is 5.51. The molecule has 1 aliphatic rings. The van der Waals surface area contributed by atoms with Gasteiger partial charge < -0.3 is 4.42 Å². The van der Waals surface area contributed by atoms with Crippen LogP contribution >= 0.6 is 0 Å². The first kappa shape index (κ1) is 24.0. The topological polar surface area (TPSA) is 105 Å². The molecule has 10 heteroatoms. The van der Waals surface area contributed by atoms with Crippen molar-refractivity contribution in [2.75, 3.05) is 18.4 Å². The fraction of sp³-hybridized carbons (Fsp3) is 0.375. The molecule has 4 rings (SSSR count). The molecule has 1 N–H and O–H groups in total. The van der Waals surface area contributed by atoms with Gasteiger partial charge >= 0.3 is 6.01 Å². The Bertz CT molecular complexity index is 1230. The first-order chi connectivity index (χ1) is 16.2. The summed E-state index contributed by atoms with van der Waals surface area (Å²) < 4.78 is 45.5. The molecule has 1 aromatic heterocycles. The second-order valence-corrected chi connectivity index (χ2v) is 10.6. The van der Waals surface area contributed by atoms with Crippen LogP contribution in [0.25, 0.3) is 0 Å². The Kier molecular flexibility index (Phi) is 7.08. The molecule has 3 aromatic rings. The molecular weight excluding hydrogens is 459 g/mol. The van der Waals surface area contributed by atoms with E-state index in [4.69, 9.17) is 4.42 Å². The van der Waals surface area contributed by atoms with Crippen molar-refractivity contribution in [2.45, 2.75) is 43.9 Å². The lowest BCUT2D eigenvalue weighted by Gasteiger charge is -2.30. The normalized spacial score (nSPS) is 15.5. The fourth-order valence-electron chi connectivity index (χ4n) is 3.89. The summed E-state index contributed by atoms with van der Waals surface area (Å²) in [5.74, 6) is -0.307. The minimum Gasteiger partial charge on any atom is -0.407 e. The van der Waals surface area contributed by atoms with Crippen LogP contribution in [-0.2, 0) is 21.2 Å². The number of halogens is 1. The van der Waals surface area contributed by atoms with Gasteiger partial charge in [0.05, 0.1) is 11.3 Å². The number of nitrogens with zero attached hydrogens (tertiary/aromatic N) is 3. The molecule has 1 fully saturated rings. The second kappa shape index (κ2) is 10.0. The summed E-state index contributed by atoms with van der Waals surface area (Å²) in [5, 5.41) is 10.6. The molecule has 0 saturated carbocycles. The number of anilines is 1. The van der Waals surface area contributed by atoms with E-state index in [2.05, 4.69) is 41.5 Å². The zero-order valence-corrected chi connectivity index (χ0v) is 19.9. The van der Waals surface area contributed by atoms with Crippen LogP contribution in [0.1, 0.15) is 49.6 Å². The molecule has 180 valence electrons. The second-order valence-electron chi connectivity index (χ2n) is 8.70. The highest BCUT2D eigenvalue weighted by Gasteiger charge is 2.32. The standard InChI is InChI=1S/C24H27FN4O4S/c1-16(2)18-5-3-17(4-6-18)15-22-27-28-24(33-22)26-23(30)19-11-13-29(14-12-19)34(31,32)21-9-7-20(25)8-10-21/h3-10,16,19H,11-15H2,1-2H3,(H,26,28,30). The first-order valence-corrected chi connectivity index (χ1v) is 12.6. The largest absolute Gasteiger partial charge is 0.407 e. The maximum absolute atomic E-state index is 13.1. The van der Waals surface area contributed by atoms with E-state index in [9.17, 15) is 17.6 Å². The minimum absolute atomic E-state index is 0.0279. The third-order valence-corrected chi connectivity index (χ3v) is 7.89. The van der Waals surface area contributed by atoms with Crippen molar-refractivity contribution in [1.82, 2.24) is 14.5 Å². The van der Waals surface area contributed by atoms with Crippen LogP contribution < -0.4 is 5.32 Å². The summed E-state index contributed by atoms with van der Waals surface area (Å²) in [6.07, 6.45) is 1.17. The van der Waals surface area contributed by atoms with Crippen LogP contribution in [0.5, 0.6) is 0 Å². The zero-order chi connectivity index (χ0) is 24.3. The van der Waals surface area contributed by atoms with Crippen molar-refractivity contribution >= 4 is 21.9 Å². The van der Waals surface area contributed by atoms with Gasteiger partial charge in [-0.15, -0.1) is 5.10 Å². The molecule has 0 bridgehead atoms. The molecule has 0 unspecified atom stereocenters. The number of amides is 1. The number of aromatic nitrogens is 2. The molecule has 1 aliphatic heterocycles. The highest BCUT2D eigenvalue weighted by atomic mass is 32.2. The van der Waals surface area contributed by atoms with E-state index in [1.807, 2.05) is 12.1 Å². The van der Waals surface area contributed by atoms with Crippen LogP contribution in [0.3, 0.4) is 0 Å². The number of nitrogens with one attached hydrogen (secondary N) is 1. The van der Waals surface area contributed by atoms with E-state index in [0.717, 1.165) is 17.7 Å². The number of rotatable bonds is 7. The molecule has 2 aromatic carbocycles. The maximum atomic E-state index is 13.1. The highest BCUT2D eigenvalue weighted by Crippen LogP contribution is 2.25. The van der Waals surface area contributed by atoms with E-state index in [0.29, 0.717) is 31.1 Å². The number of hydrogen-bond acceptors (Lipinski definition) is 6. The maximum Gasteiger partial charge on any atom is 0.322 e. The van der Waals surface area contributed by atoms with Crippen molar-refractivity contribution in [3.8, 4) is 0 Å². The summed E-state index contributed by atoms with van der Waals surface area (Å²) in [6, 6.07) is 12.9. The number of benzene rings is 2. The van der Waals surface area contributed by atoms with Crippen LogP contribution in [0.4, 0.5) is 10.4 Å². The number of carbonyl (C=O) groups excluding carboxylic acids is 1. The molecule has 34 heavy (non-hydrogen) atoms. The summed E-state index contributed by atoms with van der Waals surface area (Å²) in [4.78, 5) is 12.7. The molecular formula is C24H27FN4O4S. The molecule has 0 radical (unpaired) electrons.